The molecular formula is C22H32N4O2. The SMILES string of the molecule is Cc1nn(CC(C)C)c(C)c1CCC(=O)Nc1cccc(NC(=O)C(C)C)c1. The normalized spacial score (nSPS) is 11.1. The summed E-state index contributed by atoms with van der Waals surface area (Å²) in [6.45, 7) is 13.0. The van der Waals surface area contributed by atoms with Crippen molar-refractivity contribution in [3.8, 4) is 0 Å². The van der Waals surface area contributed by atoms with Gasteiger partial charge in [0.25, 0.3) is 0 Å². The number of carbonyl (C=O) groups is 2. The zero-order valence-corrected chi connectivity index (χ0v) is 17.8. The highest BCUT2D eigenvalue weighted by Gasteiger charge is 2.14. The first-order chi connectivity index (χ1) is 13.2. The average Bonchev–Trinajstić information content (AvgIpc) is 2.86. The Morgan fingerprint density at radius 2 is 1.71 bits per heavy atom. The van der Waals surface area contributed by atoms with Crippen molar-refractivity contribution in [2.24, 2.45) is 11.8 Å². The third-order valence-corrected chi connectivity index (χ3v) is 4.61. The molecule has 6 heteroatoms. The Balaban J connectivity index is 1.96. The van der Waals surface area contributed by atoms with E-state index >= 15 is 0 Å². The number of hydrogen-bond donors (Lipinski definition) is 2. The van der Waals surface area contributed by atoms with Crippen LogP contribution in [-0.4, -0.2) is 21.6 Å². The minimum absolute atomic E-state index is 0.0483. The van der Waals surface area contributed by atoms with Gasteiger partial charge in [0, 0.05) is 36.0 Å². The fourth-order valence-corrected chi connectivity index (χ4v) is 3.04. The Bertz CT molecular complexity index is 837. The molecule has 0 fully saturated rings. The van der Waals surface area contributed by atoms with Crippen LogP contribution in [-0.2, 0) is 22.6 Å². The number of hydrogen-bond acceptors (Lipinski definition) is 3. The zero-order chi connectivity index (χ0) is 20.8. The molecule has 2 rings (SSSR count). The monoisotopic (exact) mass is 384 g/mol. The zero-order valence-electron chi connectivity index (χ0n) is 17.8. The summed E-state index contributed by atoms with van der Waals surface area (Å²) in [6, 6.07) is 7.22. The highest BCUT2D eigenvalue weighted by atomic mass is 16.2. The van der Waals surface area contributed by atoms with Crippen LogP contribution in [0.1, 0.15) is 51.1 Å². The van der Waals surface area contributed by atoms with Gasteiger partial charge in [-0.05, 0) is 49.9 Å². The average molecular weight is 385 g/mol. The van der Waals surface area contributed by atoms with Crippen LogP contribution >= 0.6 is 0 Å². The van der Waals surface area contributed by atoms with Crippen molar-refractivity contribution in [3.05, 3.63) is 41.2 Å². The van der Waals surface area contributed by atoms with Crippen molar-refractivity contribution >= 4 is 23.2 Å². The minimum atomic E-state index is -0.0960. The van der Waals surface area contributed by atoms with E-state index in [1.807, 2.05) is 43.7 Å². The van der Waals surface area contributed by atoms with E-state index in [9.17, 15) is 9.59 Å². The van der Waals surface area contributed by atoms with E-state index in [4.69, 9.17) is 0 Å². The van der Waals surface area contributed by atoms with Crippen molar-refractivity contribution in [2.45, 2.75) is 60.9 Å². The van der Waals surface area contributed by atoms with Crippen LogP contribution in [0.15, 0.2) is 24.3 Å². The first-order valence-electron chi connectivity index (χ1n) is 9.91. The van der Waals surface area contributed by atoms with E-state index in [1.165, 1.54) is 0 Å². The number of aryl methyl sites for hydroxylation is 1. The smallest absolute Gasteiger partial charge is 0.226 e. The van der Waals surface area contributed by atoms with Gasteiger partial charge in [-0.3, -0.25) is 14.3 Å². The Kier molecular flexibility index (Phi) is 7.38. The van der Waals surface area contributed by atoms with Crippen LogP contribution in [0.3, 0.4) is 0 Å². The maximum atomic E-state index is 12.4. The molecule has 0 spiro atoms. The highest BCUT2D eigenvalue weighted by molar-refractivity contribution is 5.94. The molecule has 1 heterocycles. The molecule has 1 aromatic carbocycles. The van der Waals surface area contributed by atoms with Gasteiger partial charge in [-0.25, -0.2) is 0 Å². The molecule has 2 N–H and O–H groups in total. The van der Waals surface area contributed by atoms with E-state index in [2.05, 4.69) is 36.5 Å². The summed E-state index contributed by atoms with van der Waals surface area (Å²) >= 11 is 0. The maximum Gasteiger partial charge on any atom is 0.226 e. The second-order valence-corrected chi connectivity index (χ2v) is 8.00. The number of aromatic nitrogens is 2. The summed E-state index contributed by atoms with van der Waals surface area (Å²) in [7, 11) is 0. The van der Waals surface area contributed by atoms with Crippen molar-refractivity contribution in [2.75, 3.05) is 10.6 Å². The van der Waals surface area contributed by atoms with Crippen LogP contribution in [0.5, 0.6) is 0 Å². The molecule has 0 aliphatic heterocycles. The lowest BCUT2D eigenvalue weighted by atomic mass is 10.1. The Hall–Kier alpha value is -2.63. The van der Waals surface area contributed by atoms with E-state index in [1.54, 1.807) is 6.07 Å². The second-order valence-electron chi connectivity index (χ2n) is 8.00. The Morgan fingerprint density at radius 3 is 2.32 bits per heavy atom. The molecule has 0 aliphatic carbocycles. The third-order valence-electron chi connectivity index (χ3n) is 4.61. The molecule has 2 amide bonds. The summed E-state index contributed by atoms with van der Waals surface area (Å²) in [4.78, 5) is 24.2. The van der Waals surface area contributed by atoms with Crippen LogP contribution in [0.25, 0.3) is 0 Å². The summed E-state index contributed by atoms with van der Waals surface area (Å²) in [5.41, 5.74) is 4.63. The molecule has 0 atom stereocenters. The third kappa shape index (κ3) is 5.94. The maximum absolute atomic E-state index is 12.4. The van der Waals surface area contributed by atoms with Gasteiger partial charge >= 0.3 is 0 Å². The molecular weight excluding hydrogens is 352 g/mol. The van der Waals surface area contributed by atoms with E-state index in [0.29, 0.717) is 30.1 Å². The van der Waals surface area contributed by atoms with Gasteiger partial charge in [0.2, 0.25) is 11.8 Å². The van der Waals surface area contributed by atoms with Crippen LogP contribution in [0.4, 0.5) is 11.4 Å². The second kappa shape index (κ2) is 9.53. The lowest BCUT2D eigenvalue weighted by Crippen LogP contribution is -2.18. The first-order valence-corrected chi connectivity index (χ1v) is 9.91. The molecule has 2 aromatic rings. The Morgan fingerprint density at radius 1 is 1.07 bits per heavy atom. The molecule has 1 aromatic heterocycles. The van der Waals surface area contributed by atoms with Gasteiger partial charge in [0.15, 0.2) is 0 Å². The van der Waals surface area contributed by atoms with E-state index in [0.717, 1.165) is 23.5 Å². The topological polar surface area (TPSA) is 76.0 Å². The summed E-state index contributed by atoms with van der Waals surface area (Å²) < 4.78 is 2.04. The number of benzene rings is 1. The van der Waals surface area contributed by atoms with Crippen molar-refractivity contribution in [3.63, 3.8) is 0 Å². The number of nitrogens with one attached hydrogen (secondary N) is 2. The number of rotatable bonds is 8. The van der Waals surface area contributed by atoms with Crippen molar-refractivity contribution in [1.82, 2.24) is 9.78 Å². The van der Waals surface area contributed by atoms with Crippen LogP contribution < -0.4 is 10.6 Å². The van der Waals surface area contributed by atoms with E-state index < -0.39 is 0 Å². The lowest BCUT2D eigenvalue weighted by Gasteiger charge is -2.10. The van der Waals surface area contributed by atoms with Gasteiger partial charge in [-0.1, -0.05) is 33.8 Å². The fraction of sp³-hybridized carbons (Fsp3) is 0.500. The first kappa shape index (κ1) is 21.7. The van der Waals surface area contributed by atoms with Crippen LogP contribution in [0.2, 0.25) is 0 Å². The van der Waals surface area contributed by atoms with E-state index in [-0.39, 0.29) is 17.7 Å². The lowest BCUT2D eigenvalue weighted by molar-refractivity contribution is -0.119. The molecule has 152 valence electrons. The minimum Gasteiger partial charge on any atom is -0.326 e. The van der Waals surface area contributed by atoms with Crippen LogP contribution in [0, 0.1) is 25.7 Å². The predicted molar refractivity (Wildman–Crippen MR) is 113 cm³/mol. The molecule has 0 aliphatic rings. The van der Waals surface area contributed by atoms with Crippen molar-refractivity contribution in [1.29, 1.82) is 0 Å². The van der Waals surface area contributed by atoms with Crippen molar-refractivity contribution < 1.29 is 9.59 Å². The summed E-state index contributed by atoms with van der Waals surface area (Å²) in [6.07, 6.45) is 1.04. The van der Waals surface area contributed by atoms with Gasteiger partial charge in [0.1, 0.15) is 0 Å². The summed E-state index contributed by atoms with van der Waals surface area (Å²) in [5, 5.41) is 10.4. The quantitative estimate of drug-likeness (QED) is 0.711. The van der Waals surface area contributed by atoms with Gasteiger partial charge in [-0.15, -0.1) is 0 Å². The largest absolute Gasteiger partial charge is 0.326 e. The Labute approximate surface area is 167 Å². The number of carbonyl (C=O) groups excluding carboxylic acids is 2. The molecule has 0 radical (unpaired) electrons. The molecule has 0 saturated carbocycles. The number of amides is 2. The molecule has 28 heavy (non-hydrogen) atoms. The standard InChI is InChI=1S/C22H32N4O2/c1-14(2)13-26-17(6)20(16(5)25-26)10-11-21(27)23-18-8-7-9-19(12-18)24-22(28)15(3)4/h7-9,12,14-15H,10-11,13H2,1-6H3,(H,23,27)(H,24,28). The molecule has 6 nitrogen and oxygen atoms in total. The number of anilines is 2. The van der Waals surface area contributed by atoms with Gasteiger partial charge < -0.3 is 10.6 Å². The predicted octanol–water partition coefficient (Wildman–Crippen LogP) is 4.32. The highest BCUT2D eigenvalue weighted by Crippen LogP contribution is 2.19. The molecule has 0 unspecified atom stereocenters. The number of nitrogens with zero attached hydrogens (tertiary/aromatic N) is 2. The van der Waals surface area contributed by atoms with Gasteiger partial charge in [-0.2, -0.15) is 5.10 Å². The van der Waals surface area contributed by atoms with Gasteiger partial charge in [0.05, 0.1) is 5.69 Å². The fourth-order valence-electron chi connectivity index (χ4n) is 3.04. The molecule has 0 bridgehead atoms. The summed E-state index contributed by atoms with van der Waals surface area (Å²) in [5.74, 6) is 0.328. The molecule has 0 saturated heterocycles.